The normalized spacial score (nSPS) is 20.0. The Labute approximate surface area is 193 Å². The molecule has 0 saturated heterocycles. The molecular formula is C26H30N2O5. The largest absolute Gasteiger partial charge is 0.490 e. The smallest absolute Gasteiger partial charge is 0.306 e. The monoisotopic (exact) mass is 450 g/mol. The summed E-state index contributed by atoms with van der Waals surface area (Å²) >= 11 is 0. The van der Waals surface area contributed by atoms with Gasteiger partial charge in [-0.15, -0.1) is 0 Å². The average Bonchev–Trinajstić information content (AvgIpc) is 3.68. The second-order valence-electron chi connectivity index (χ2n) is 8.86. The van der Waals surface area contributed by atoms with Crippen molar-refractivity contribution in [2.75, 3.05) is 13.1 Å². The SMILES string of the molecule is O=C(NCCNC(=O)c1ccc(C2CC2)cc1)c1ccc(O[C@H]2CC[C@H](C(=O)O)CC2)cc1. The molecule has 2 amide bonds. The first-order valence-corrected chi connectivity index (χ1v) is 11.7. The van der Waals surface area contributed by atoms with E-state index in [4.69, 9.17) is 9.84 Å². The maximum absolute atomic E-state index is 12.3. The number of nitrogens with one attached hydrogen (secondary N) is 2. The molecule has 0 aliphatic heterocycles. The molecule has 0 radical (unpaired) electrons. The minimum absolute atomic E-state index is 0.00815. The maximum atomic E-state index is 12.3. The highest BCUT2D eigenvalue weighted by Gasteiger charge is 2.27. The molecule has 0 heterocycles. The Morgan fingerprint density at radius 3 is 1.76 bits per heavy atom. The first kappa shape index (κ1) is 22.8. The Balaban J connectivity index is 1.16. The van der Waals surface area contributed by atoms with E-state index in [-0.39, 0.29) is 23.8 Å². The van der Waals surface area contributed by atoms with Crippen LogP contribution in [0, 0.1) is 5.92 Å². The second-order valence-corrected chi connectivity index (χ2v) is 8.86. The lowest BCUT2D eigenvalue weighted by Crippen LogP contribution is -2.34. The summed E-state index contributed by atoms with van der Waals surface area (Å²) in [5, 5.41) is 14.7. The first-order chi connectivity index (χ1) is 16.0. The van der Waals surface area contributed by atoms with E-state index in [1.165, 1.54) is 18.4 Å². The molecule has 2 aliphatic rings. The number of rotatable bonds is 9. The number of hydrogen-bond acceptors (Lipinski definition) is 4. The Bertz CT molecular complexity index is 975. The summed E-state index contributed by atoms with van der Waals surface area (Å²) in [5.74, 6) is -0.0291. The van der Waals surface area contributed by atoms with Crippen LogP contribution in [0.2, 0.25) is 0 Å². The minimum atomic E-state index is -0.731. The number of benzene rings is 2. The molecule has 0 unspecified atom stereocenters. The molecule has 0 spiro atoms. The van der Waals surface area contributed by atoms with Crippen molar-refractivity contribution < 1.29 is 24.2 Å². The van der Waals surface area contributed by atoms with Crippen LogP contribution in [0.3, 0.4) is 0 Å². The molecule has 4 rings (SSSR count). The lowest BCUT2D eigenvalue weighted by atomic mass is 9.87. The number of carbonyl (C=O) groups excluding carboxylic acids is 2. The number of carbonyl (C=O) groups is 3. The molecule has 2 saturated carbocycles. The topological polar surface area (TPSA) is 105 Å². The van der Waals surface area contributed by atoms with Gasteiger partial charge in [0.15, 0.2) is 0 Å². The van der Waals surface area contributed by atoms with E-state index in [0.29, 0.717) is 48.7 Å². The van der Waals surface area contributed by atoms with Gasteiger partial charge in [0.25, 0.3) is 11.8 Å². The molecular weight excluding hydrogens is 420 g/mol. The van der Waals surface area contributed by atoms with Crippen LogP contribution in [0.5, 0.6) is 5.75 Å². The van der Waals surface area contributed by atoms with Crippen molar-refractivity contribution in [1.29, 1.82) is 0 Å². The molecule has 0 aromatic heterocycles. The molecule has 7 nitrogen and oxygen atoms in total. The Morgan fingerprint density at radius 1 is 0.758 bits per heavy atom. The third kappa shape index (κ3) is 6.34. The summed E-state index contributed by atoms with van der Waals surface area (Å²) in [6.45, 7) is 0.672. The summed E-state index contributed by atoms with van der Waals surface area (Å²) in [6, 6.07) is 14.6. The highest BCUT2D eigenvalue weighted by atomic mass is 16.5. The van der Waals surface area contributed by atoms with E-state index in [1.54, 1.807) is 24.3 Å². The fourth-order valence-corrected chi connectivity index (χ4v) is 4.18. The average molecular weight is 451 g/mol. The van der Waals surface area contributed by atoms with Gasteiger partial charge in [-0.2, -0.15) is 0 Å². The van der Waals surface area contributed by atoms with Gasteiger partial charge in [-0.05, 0) is 86.4 Å². The Kier molecular flexibility index (Phi) is 7.27. The number of hydrogen-bond donors (Lipinski definition) is 3. The molecule has 2 aromatic carbocycles. The third-order valence-corrected chi connectivity index (χ3v) is 6.36. The predicted octanol–water partition coefficient (Wildman–Crippen LogP) is 3.75. The zero-order valence-electron chi connectivity index (χ0n) is 18.6. The van der Waals surface area contributed by atoms with Crippen LogP contribution in [-0.2, 0) is 4.79 Å². The van der Waals surface area contributed by atoms with E-state index in [1.807, 2.05) is 24.3 Å². The fraction of sp³-hybridized carbons (Fsp3) is 0.423. The van der Waals surface area contributed by atoms with Gasteiger partial charge in [-0.1, -0.05) is 12.1 Å². The van der Waals surface area contributed by atoms with Crippen LogP contribution in [-0.4, -0.2) is 42.1 Å². The molecule has 0 bridgehead atoms. The number of amides is 2. The van der Waals surface area contributed by atoms with E-state index in [0.717, 1.165) is 12.8 Å². The fourth-order valence-electron chi connectivity index (χ4n) is 4.18. The minimum Gasteiger partial charge on any atom is -0.490 e. The van der Waals surface area contributed by atoms with Crippen molar-refractivity contribution in [3.63, 3.8) is 0 Å². The van der Waals surface area contributed by atoms with Gasteiger partial charge in [0.2, 0.25) is 0 Å². The molecule has 2 aromatic rings. The molecule has 2 aliphatic carbocycles. The van der Waals surface area contributed by atoms with E-state index in [2.05, 4.69) is 10.6 Å². The number of aliphatic carboxylic acids is 1. The first-order valence-electron chi connectivity index (χ1n) is 11.7. The molecule has 2 fully saturated rings. The summed E-state index contributed by atoms with van der Waals surface area (Å²) in [6.07, 6.45) is 5.16. The van der Waals surface area contributed by atoms with Crippen LogP contribution >= 0.6 is 0 Å². The van der Waals surface area contributed by atoms with Gasteiger partial charge in [0, 0.05) is 24.2 Å². The van der Waals surface area contributed by atoms with Gasteiger partial charge in [0.05, 0.1) is 12.0 Å². The van der Waals surface area contributed by atoms with Crippen molar-refractivity contribution in [3.05, 3.63) is 65.2 Å². The van der Waals surface area contributed by atoms with Gasteiger partial charge in [-0.3, -0.25) is 14.4 Å². The van der Waals surface area contributed by atoms with Gasteiger partial charge in [0.1, 0.15) is 5.75 Å². The molecule has 0 atom stereocenters. The van der Waals surface area contributed by atoms with Crippen LogP contribution in [0.1, 0.15) is 70.7 Å². The summed E-state index contributed by atoms with van der Waals surface area (Å²) in [4.78, 5) is 35.6. The second kappa shape index (κ2) is 10.5. The van der Waals surface area contributed by atoms with Crippen LogP contribution < -0.4 is 15.4 Å². The standard InChI is InChI=1S/C26H30N2O5/c29-24(19-5-3-18(4-6-19)17-1-2-17)27-15-16-28-25(30)20-7-11-22(12-8-20)33-23-13-9-21(10-14-23)26(31)32/h3-8,11-12,17,21,23H,1-2,9-10,13-16H2,(H,27,29)(H,28,30)(H,31,32)/t21-,23-. The van der Waals surface area contributed by atoms with Gasteiger partial charge in [-0.25, -0.2) is 0 Å². The van der Waals surface area contributed by atoms with E-state index in [9.17, 15) is 14.4 Å². The zero-order valence-corrected chi connectivity index (χ0v) is 18.6. The Hall–Kier alpha value is -3.35. The maximum Gasteiger partial charge on any atom is 0.306 e. The van der Waals surface area contributed by atoms with Crippen molar-refractivity contribution in [1.82, 2.24) is 10.6 Å². The Morgan fingerprint density at radius 2 is 1.27 bits per heavy atom. The zero-order chi connectivity index (χ0) is 23.2. The summed E-state index contributed by atoms with van der Waals surface area (Å²) in [5.41, 5.74) is 2.43. The van der Waals surface area contributed by atoms with Crippen molar-refractivity contribution >= 4 is 17.8 Å². The molecule has 33 heavy (non-hydrogen) atoms. The quantitative estimate of drug-likeness (QED) is 0.505. The third-order valence-electron chi connectivity index (χ3n) is 6.36. The lowest BCUT2D eigenvalue weighted by molar-refractivity contribution is -0.143. The lowest BCUT2D eigenvalue weighted by Gasteiger charge is -2.26. The molecule has 174 valence electrons. The highest BCUT2D eigenvalue weighted by Crippen LogP contribution is 2.39. The van der Waals surface area contributed by atoms with E-state index >= 15 is 0 Å². The van der Waals surface area contributed by atoms with Gasteiger partial charge >= 0.3 is 5.97 Å². The predicted molar refractivity (Wildman–Crippen MR) is 124 cm³/mol. The van der Waals surface area contributed by atoms with Crippen LogP contribution in [0.15, 0.2) is 48.5 Å². The summed E-state index contributed by atoms with van der Waals surface area (Å²) in [7, 11) is 0. The molecule has 3 N–H and O–H groups in total. The highest BCUT2D eigenvalue weighted by molar-refractivity contribution is 5.95. The van der Waals surface area contributed by atoms with E-state index < -0.39 is 5.97 Å². The van der Waals surface area contributed by atoms with Gasteiger partial charge < -0.3 is 20.5 Å². The number of carboxylic acid groups (broad SMARTS) is 1. The van der Waals surface area contributed by atoms with Crippen molar-refractivity contribution in [3.8, 4) is 5.75 Å². The van der Waals surface area contributed by atoms with Crippen molar-refractivity contribution in [2.45, 2.75) is 50.5 Å². The number of carboxylic acids is 1. The van der Waals surface area contributed by atoms with Crippen LogP contribution in [0.4, 0.5) is 0 Å². The summed E-state index contributed by atoms with van der Waals surface area (Å²) < 4.78 is 5.94. The van der Waals surface area contributed by atoms with Crippen molar-refractivity contribution in [2.24, 2.45) is 5.92 Å². The van der Waals surface area contributed by atoms with Crippen LogP contribution in [0.25, 0.3) is 0 Å². The molecule has 7 heteroatoms. The number of ether oxygens (including phenoxy) is 1.